The predicted molar refractivity (Wildman–Crippen MR) is 82.2 cm³/mol. The Bertz CT molecular complexity index is 524. The average Bonchev–Trinajstić information content (AvgIpc) is 3.23. The molecule has 1 aliphatic carbocycles. The molecular weight excluding hydrogens is 270 g/mol. The van der Waals surface area contributed by atoms with Gasteiger partial charge < -0.3 is 15.4 Å². The van der Waals surface area contributed by atoms with Gasteiger partial charge in [0.05, 0.1) is 10.7 Å². The van der Waals surface area contributed by atoms with Gasteiger partial charge in [0.15, 0.2) is 0 Å². The van der Waals surface area contributed by atoms with E-state index < -0.39 is 0 Å². The van der Waals surface area contributed by atoms with Crippen LogP contribution in [0.1, 0.15) is 42.0 Å². The summed E-state index contributed by atoms with van der Waals surface area (Å²) in [7, 11) is 2.13. The van der Waals surface area contributed by atoms with E-state index in [0.717, 1.165) is 38.3 Å². The Morgan fingerprint density at radius 3 is 2.65 bits per heavy atom. The maximum absolute atomic E-state index is 9.21. The first kappa shape index (κ1) is 13.7. The van der Waals surface area contributed by atoms with Gasteiger partial charge in [0.25, 0.3) is 0 Å². The molecule has 2 fully saturated rings. The molecule has 20 heavy (non-hydrogen) atoms. The molecule has 0 atom stereocenters. The first-order chi connectivity index (χ1) is 9.70. The highest BCUT2D eigenvalue weighted by molar-refractivity contribution is 7.17. The van der Waals surface area contributed by atoms with Crippen molar-refractivity contribution in [2.24, 2.45) is 5.92 Å². The van der Waals surface area contributed by atoms with E-state index in [1.165, 1.54) is 23.4 Å². The Hall–Kier alpha value is -1.25. The number of hydrogen-bond acceptors (Lipinski definition) is 5. The van der Waals surface area contributed by atoms with Crippen LogP contribution in [0.4, 0.5) is 10.7 Å². The van der Waals surface area contributed by atoms with Crippen molar-refractivity contribution in [3.63, 3.8) is 0 Å². The van der Waals surface area contributed by atoms with E-state index in [2.05, 4.69) is 18.0 Å². The molecule has 1 aliphatic heterocycles. The van der Waals surface area contributed by atoms with Crippen LogP contribution >= 0.6 is 11.3 Å². The van der Waals surface area contributed by atoms with Crippen molar-refractivity contribution in [3.05, 3.63) is 10.4 Å². The van der Waals surface area contributed by atoms with Crippen molar-refractivity contribution < 1.29 is 4.74 Å². The molecule has 0 aromatic carbocycles. The third-order valence-electron chi connectivity index (χ3n) is 4.27. The van der Waals surface area contributed by atoms with Crippen LogP contribution in [0, 0.1) is 17.2 Å². The maximum atomic E-state index is 9.21. The maximum Gasteiger partial charge on any atom is 0.130 e. The van der Waals surface area contributed by atoms with Gasteiger partial charge in [0, 0.05) is 32.4 Å². The number of thiophene rings is 1. The summed E-state index contributed by atoms with van der Waals surface area (Å²) >= 11 is 1.56. The Morgan fingerprint density at radius 2 is 2.05 bits per heavy atom. The predicted octanol–water partition coefficient (Wildman–Crippen LogP) is 2.94. The van der Waals surface area contributed by atoms with Crippen LogP contribution < -0.4 is 10.6 Å². The zero-order valence-corrected chi connectivity index (χ0v) is 12.7. The highest BCUT2D eigenvalue weighted by atomic mass is 32.1. The summed E-state index contributed by atoms with van der Waals surface area (Å²) in [5.74, 6) is 1.27. The zero-order valence-electron chi connectivity index (χ0n) is 11.9. The van der Waals surface area contributed by atoms with Crippen molar-refractivity contribution in [2.75, 3.05) is 37.4 Å². The normalized spacial score (nSPS) is 19.8. The monoisotopic (exact) mass is 291 g/mol. The lowest BCUT2D eigenvalue weighted by Crippen LogP contribution is -2.29. The van der Waals surface area contributed by atoms with Crippen LogP contribution in [-0.2, 0) is 4.74 Å². The standard InChI is InChI=1S/C15H21N3OS/c1-18(9-10-4-6-19-7-5-10)15-13(11-2-3-11)14(17)12(8-16)20-15/h10-11H,2-7,9,17H2,1H3. The van der Waals surface area contributed by atoms with Gasteiger partial charge in [0.2, 0.25) is 0 Å². The van der Waals surface area contributed by atoms with E-state index in [1.54, 1.807) is 11.3 Å². The van der Waals surface area contributed by atoms with Crippen molar-refractivity contribution in [1.82, 2.24) is 0 Å². The Morgan fingerprint density at radius 1 is 1.35 bits per heavy atom. The quantitative estimate of drug-likeness (QED) is 0.926. The van der Waals surface area contributed by atoms with Crippen LogP contribution in [0.3, 0.4) is 0 Å². The number of hydrogen-bond donors (Lipinski definition) is 1. The molecule has 0 spiro atoms. The van der Waals surface area contributed by atoms with Gasteiger partial charge in [-0.15, -0.1) is 11.3 Å². The fourth-order valence-corrected chi connectivity index (χ4v) is 4.05. The van der Waals surface area contributed by atoms with E-state index in [9.17, 15) is 5.26 Å². The molecule has 0 unspecified atom stereocenters. The van der Waals surface area contributed by atoms with E-state index in [4.69, 9.17) is 10.5 Å². The second-order valence-corrected chi connectivity index (χ2v) is 6.89. The fourth-order valence-electron chi connectivity index (χ4n) is 2.98. The average molecular weight is 291 g/mol. The Labute approximate surface area is 124 Å². The van der Waals surface area contributed by atoms with Crippen LogP contribution in [0.25, 0.3) is 0 Å². The molecule has 4 nitrogen and oxygen atoms in total. The molecule has 0 radical (unpaired) electrons. The summed E-state index contributed by atoms with van der Waals surface area (Å²) in [4.78, 5) is 2.99. The van der Waals surface area contributed by atoms with E-state index in [1.807, 2.05) is 0 Å². The third kappa shape index (κ3) is 2.63. The summed E-state index contributed by atoms with van der Waals surface area (Å²) < 4.78 is 5.42. The summed E-state index contributed by atoms with van der Waals surface area (Å²) in [6.07, 6.45) is 4.69. The lowest BCUT2D eigenvalue weighted by Gasteiger charge is -2.28. The van der Waals surface area contributed by atoms with Crippen LogP contribution in [0.15, 0.2) is 0 Å². The first-order valence-electron chi connectivity index (χ1n) is 7.31. The zero-order chi connectivity index (χ0) is 14.1. The minimum atomic E-state index is 0.584. The molecule has 5 heteroatoms. The van der Waals surface area contributed by atoms with Gasteiger partial charge in [-0.3, -0.25) is 0 Å². The van der Waals surface area contributed by atoms with Crippen molar-refractivity contribution in [3.8, 4) is 6.07 Å². The molecule has 0 bridgehead atoms. The summed E-state index contributed by atoms with van der Waals surface area (Å²) in [6.45, 7) is 2.79. The molecular formula is C15H21N3OS. The molecule has 1 saturated heterocycles. The van der Waals surface area contributed by atoms with Crippen molar-refractivity contribution >= 4 is 22.0 Å². The lowest BCUT2D eigenvalue weighted by molar-refractivity contribution is 0.0685. The Kier molecular flexibility index (Phi) is 3.86. The van der Waals surface area contributed by atoms with Crippen LogP contribution in [0.2, 0.25) is 0 Å². The second-order valence-electron chi connectivity index (χ2n) is 5.89. The van der Waals surface area contributed by atoms with Gasteiger partial charge in [-0.2, -0.15) is 5.26 Å². The number of rotatable bonds is 4. The lowest BCUT2D eigenvalue weighted by atomic mass is 10.00. The highest BCUT2D eigenvalue weighted by Gasteiger charge is 2.33. The largest absolute Gasteiger partial charge is 0.397 e. The van der Waals surface area contributed by atoms with Crippen LogP contribution in [-0.4, -0.2) is 26.8 Å². The highest BCUT2D eigenvalue weighted by Crippen LogP contribution is 2.51. The first-order valence-corrected chi connectivity index (χ1v) is 8.13. The summed E-state index contributed by atoms with van der Waals surface area (Å²) in [5, 5.41) is 10.4. The fraction of sp³-hybridized carbons (Fsp3) is 0.667. The molecule has 0 amide bonds. The number of anilines is 2. The summed E-state index contributed by atoms with van der Waals surface area (Å²) in [5.41, 5.74) is 8.14. The number of ether oxygens (including phenoxy) is 1. The second kappa shape index (κ2) is 5.63. The van der Waals surface area contributed by atoms with Crippen molar-refractivity contribution in [2.45, 2.75) is 31.6 Å². The molecule has 3 rings (SSSR count). The molecule has 1 saturated carbocycles. The van der Waals surface area contributed by atoms with E-state index in [0.29, 0.717) is 16.7 Å². The van der Waals surface area contributed by atoms with Crippen LogP contribution in [0.5, 0.6) is 0 Å². The molecule has 2 heterocycles. The smallest absolute Gasteiger partial charge is 0.130 e. The number of nitrogens with zero attached hydrogens (tertiary/aromatic N) is 2. The SMILES string of the molecule is CN(CC1CCOCC1)c1sc(C#N)c(N)c1C1CC1. The number of nitriles is 1. The molecule has 1 aromatic rings. The van der Waals surface area contributed by atoms with Crippen molar-refractivity contribution in [1.29, 1.82) is 5.26 Å². The van der Waals surface area contributed by atoms with Gasteiger partial charge in [0.1, 0.15) is 10.9 Å². The number of nitrogens with two attached hydrogens (primary N) is 1. The van der Waals surface area contributed by atoms with E-state index >= 15 is 0 Å². The van der Waals surface area contributed by atoms with Gasteiger partial charge >= 0.3 is 0 Å². The topological polar surface area (TPSA) is 62.3 Å². The van der Waals surface area contributed by atoms with Gasteiger partial charge in [-0.25, -0.2) is 0 Å². The minimum Gasteiger partial charge on any atom is -0.397 e. The molecule has 2 N–H and O–H groups in total. The third-order valence-corrected chi connectivity index (χ3v) is 5.51. The van der Waals surface area contributed by atoms with Gasteiger partial charge in [-0.05, 0) is 37.5 Å². The van der Waals surface area contributed by atoms with Gasteiger partial charge in [-0.1, -0.05) is 0 Å². The summed E-state index contributed by atoms with van der Waals surface area (Å²) in [6, 6.07) is 2.24. The molecule has 2 aliphatic rings. The molecule has 108 valence electrons. The minimum absolute atomic E-state index is 0.584. The van der Waals surface area contributed by atoms with E-state index in [-0.39, 0.29) is 0 Å². The Balaban J connectivity index is 1.79. The number of nitrogen functional groups attached to an aromatic ring is 1. The molecule has 1 aromatic heterocycles.